The average Bonchev–Trinajstić information content (AvgIpc) is 2.30. The summed E-state index contributed by atoms with van der Waals surface area (Å²) in [5.74, 6) is -0.440. The standard InChI is InChI=1S/C8H13FO3S/c1-6(10)8(9)5-7-3-2-4-13(7,11)12/h7-8H,2-5H2,1H3. The van der Waals surface area contributed by atoms with Crippen molar-refractivity contribution in [3.05, 3.63) is 0 Å². The van der Waals surface area contributed by atoms with Crippen LogP contribution in [0.15, 0.2) is 0 Å². The molecule has 1 aliphatic rings. The zero-order valence-corrected chi connectivity index (χ0v) is 8.31. The monoisotopic (exact) mass is 208 g/mol. The molecule has 2 unspecified atom stereocenters. The van der Waals surface area contributed by atoms with Crippen molar-refractivity contribution in [2.75, 3.05) is 5.75 Å². The van der Waals surface area contributed by atoms with Gasteiger partial charge in [0.05, 0.1) is 11.0 Å². The van der Waals surface area contributed by atoms with Crippen molar-refractivity contribution in [2.45, 2.75) is 37.6 Å². The Hall–Kier alpha value is -0.450. The summed E-state index contributed by atoms with van der Waals surface area (Å²) in [6, 6.07) is 0. The lowest BCUT2D eigenvalue weighted by molar-refractivity contribution is -0.121. The van der Waals surface area contributed by atoms with Crippen LogP contribution in [-0.4, -0.2) is 31.4 Å². The Morgan fingerprint density at radius 1 is 1.62 bits per heavy atom. The predicted octanol–water partition coefficient (Wildman–Crippen LogP) is 0.881. The highest BCUT2D eigenvalue weighted by atomic mass is 32.2. The Morgan fingerprint density at radius 3 is 2.62 bits per heavy atom. The van der Waals surface area contributed by atoms with Gasteiger partial charge in [0, 0.05) is 6.42 Å². The van der Waals surface area contributed by atoms with Crippen molar-refractivity contribution in [3.63, 3.8) is 0 Å². The number of sulfone groups is 1. The molecule has 1 aliphatic heterocycles. The van der Waals surface area contributed by atoms with E-state index in [2.05, 4.69) is 0 Å². The molecule has 76 valence electrons. The highest BCUT2D eigenvalue weighted by molar-refractivity contribution is 7.92. The fourth-order valence-electron chi connectivity index (χ4n) is 1.52. The number of Topliss-reactive ketones (excluding diaryl/α,β-unsaturated/α-hetero) is 1. The van der Waals surface area contributed by atoms with Crippen molar-refractivity contribution in [3.8, 4) is 0 Å². The highest BCUT2D eigenvalue weighted by Crippen LogP contribution is 2.24. The summed E-state index contributed by atoms with van der Waals surface area (Å²) in [5.41, 5.74) is 0. The number of hydrogen-bond acceptors (Lipinski definition) is 3. The second-order valence-corrected chi connectivity index (χ2v) is 5.85. The summed E-state index contributed by atoms with van der Waals surface area (Å²) in [6.45, 7) is 1.15. The second kappa shape index (κ2) is 3.74. The minimum Gasteiger partial charge on any atom is -0.297 e. The van der Waals surface area contributed by atoms with E-state index in [1.54, 1.807) is 0 Å². The lowest BCUT2D eigenvalue weighted by atomic mass is 10.1. The summed E-state index contributed by atoms with van der Waals surface area (Å²) >= 11 is 0. The van der Waals surface area contributed by atoms with E-state index in [9.17, 15) is 17.6 Å². The Kier molecular flexibility index (Phi) is 3.05. The van der Waals surface area contributed by atoms with Gasteiger partial charge in [0.2, 0.25) is 0 Å². The number of alkyl halides is 1. The lowest BCUT2D eigenvalue weighted by Crippen LogP contribution is -2.24. The first-order chi connectivity index (χ1) is 5.93. The van der Waals surface area contributed by atoms with Crippen molar-refractivity contribution >= 4 is 15.6 Å². The topological polar surface area (TPSA) is 51.2 Å². The van der Waals surface area contributed by atoms with Crippen LogP contribution >= 0.6 is 0 Å². The highest BCUT2D eigenvalue weighted by Gasteiger charge is 2.34. The van der Waals surface area contributed by atoms with E-state index < -0.39 is 27.0 Å². The SMILES string of the molecule is CC(=O)C(F)CC1CCCS1(=O)=O. The largest absolute Gasteiger partial charge is 0.297 e. The summed E-state index contributed by atoms with van der Waals surface area (Å²) in [5, 5.41) is -0.633. The number of ketones is 1. The van der Waals surface area contributed by atoms with Crippen LogP contribution in [0, 0.1) is 0 Å². The van der Waals surface area contributed by atoms with Gasteiger partial charge in [0.25, 0.3) is 0 Å². The molecule has 0 bridgehead atoms. The van der Waals surface area contributed by atoms with Crippen LogP contribution in [0.2, 0.25) is 0 Å². The number of halogens is 1. The molecule has 0 aliphatic carbocycles. The van der Waals surface area contributed by atoms with Crippen molar-refractivity contribution in [1.29, 1.82) is 0 Å². The third-order valence-electron chi connectivity index (χ3n) is 2.37. The minimum atomic E-state index is -3.11. The van der Waals surface area contributed by atoms with E-state index in [0.717, 1.165) is 6.92 Å². The number of hydrogen-bond donors (Lipinski definition) is 0. The molecule has 3 nitrogen and oxygen atoms in total. The Bertz CT molecular complexity index is 297. The summed E-state index contributed by atoms with van der Waals surface area (Å²) in [7, 11) is -3.11. The normalized spacial score (nSPS) is 28.6. The summed E-state index contributed by atoms with van der Waals surface area (Å²) < 4.78 is 35.4. The van der Waals surface area contributed by atoms with Crippen LogP contribution in [0.5, 0.6) is 0 Å². The molecule has 5 heteroatoms. The van der Waals surface area contributed by atoms with Crippen LogP contribution in [0.25, 0.3) is 0 Å². The van der Waals surface area contributed by atoms with Crippen LogP contribution in [0.4, 0.5) is 4.39 Å². The minimum absolute atomic E-state index is 0.141. The molecule has 1 saturated heterocycles. The summed E-state index contributed by atoms with van der Waals surface area (Å²) in [6.07, 6.45) is -0.677. The maximum absolute atomic E-state index is 12.9. The van der Waals surface area contributed by atoms with Gasteiger partial charge in [-0.2, -0.15) is 0 Å². The van der Waals surface area contributed by atoms with E-state index >= 15 is 0 Å². The molecular formula is C8H13FO3S. The molecule has 0 aromatic carbocycles. The molecule has 1 heterocycles. The van der Waals surface area contributed by atoms with E-state index in [1.807, 2.05) is 0 Å². The molecule has 1 fully saturated rings. The van der Waals surface area contributed by atoms with E-state index in [-0.39, 0.29) is 12.2 Å². The van der Waals surface area contributed by atoms with Gasteiger partial charge in [-0.1, -0.05) is 0 Å². The molecule has 1 rings (SSSR count). The zero-order chi connectivity index (χ0) is 10.1. The Labute approximate surface area is 77.2 Å². The van der Waals surface area contributed by atoms with Crippen molar-refractivity contribution < 1.29 is 17.6 Å². The molecule has 0 spiro atoms. The van der Waals surface area contributed by atoms with Gasteiger partial charge in [-0.3, -0.25) is 4.79 Å². The van der Waals surface area contributed by atoms with Gasteiger partial charge in [0.1, 0.15) is 0 Å². The molecule has 0 N–H and O–H groups in total. The lowest BCUT2D eigenvalue weighted by Gasteiger charge is -2.10. The molecule has 13 heavy (non-hydrogen) atoms. The van der Waals surface area contributed by atoms with E-state index in [4.69, 9.17) is 0 Å². The first-order valence-electron chi connectivity index (χ1n) is 4.29. The maximum atomic E-state index is 12.9. The van der Waals surface area contributed by atoms with Crippen LogP contribution in [-0.2, 0) is 14.6 Å². The van der Waals surface area contributed by atoms with Gasteiger partial charge in [-0.25, -0.2) is 12.8 Å². The second-order valence-electron chi connectivity index (χ2n) is 3.45. The van der Waals surface area contributed by atoms with Crippen molar-refractivity contribution in [1.82, 2.24) is 0 Å². The molecule has 0 saturated carbocycles. The first kappa shape index (κ1) is 10.6. The van der Waals surface area contributed by atoms with Gasteiger partial charge in [-0.05, 0) is 19.8 Å². The quantitative estimate of drug-likeness (QED) is 0.691. The van der Waals surface area contributed by atoms with Gasteiger partial charge >= 0.3 is 0 Å². The predicted molar refractivity (Wildman–Crippen MR) is 47.0 cm³/mol. The fraction of sp³-hybridized carbons (Fsp3) is 0.875. The number of carbonyl (C=O) groups is 1. The van der Waals surface area contributed by atoms with Gasteiger partial charge in [-0.15, -0.1) is 0 Å². The third-order valence-corrected chi connectivity index (χ3v) is 4.68. The number of carbonyl (C=O) groups excluding carboxylic acids is 1. The molecule has 0 aromatic heterocycles. The summed E-state index contributed by atoms with van der Waals surface area (Å²) in [4.78, 5) is 10.6. The van der Waals surface area contributed by atoms with E-state index in [0.29, 0.717) is 12.8 Å². The molecule has 2 atom stereocenters. The van der Waals surface area contributed by atoms with Gasteiger partial charge in [0.15, 0.2) is 21.8 Å². The maximum Gasteiger partial charge on any atom is 0.163 e. The molecule has 0 radical (unpaired) electrons. The van der Waals surface area contributed by atoms with Crippen molar-refractivity contribution in [2.24, 2.45) is 0 Å². The first-order valence-corrected chi connectivity index (χ1v) is 6.01. The van der Waals surface area contributed by atoms with Crippen LogP contribution < -0.4 is 0 Å². The average molecular weight is 208 g/mol. The Morgan fingerprint density at radius 2 is 2.23 bits per heavy atom. The van der Waals surface area contributed by atoms with Crippen LogP contribution in [0.3, 0.4) is 0 Å². The van der Waals surface area contributed by atoms with Gasteiger partial charge < -0.3 is 0 Å². The smallest absolute Gasteiger partial charge is 0.163 e. The molecular weight excluding hydrogens is 195 g/mol. The third kappa shape index (κ3) is 2.49. The number of rotatable bonds is 3. The van der Waals surface area contributed by atoms with E-state index in [1.165, 1.54) is 0 Å². The zero-order valence-electron chi connectivity index (χ0n) is 7.49. The molecule has 0 aromatic rings. The molecule has 0 amide bonds. The Balaban J connectivity index is 2.60. The fourth-order valence-corrected chi connectivity index (χ4v) is 3.41. The van der Waals surface area contributed by atoms with Crippen LogP contribution in [0.1, 0.15) is 26.2 Å².